The molecule has 1 aromatic heterocycles. The molecule has 4 nitrogen and oxygen atoms in total. The molecule has 2 aromatic rings. The summed E-state index contributed by atoms with van der Waals surface area (Å²) in [6.45, 7) is 2.50. The summed E-state index contributed by atoms with van der Waals surface area (Å²) >= 11 is 0. The highest BCUT2D eigenvalue weighted by molar-refractivity contribution is 5.87. The molecular weight excluding hydrogens is 242 g/mol. The van der Waals surface area contributed by atoms with Crippen molar-refractivity contribution in [2.45, 2.75) is 19.9 Å². The molecular formula is C15H15NO3. The Hall–Kier alpha value is -2.36. The molecule has 1 aromatic carbocycles. The minimum Gasteiger partial charge on any atom is -0.478 e. The zero-order valence-corrected chi connectivity index (χ0v) is 10.7. The Morgan fingerprint density at radius 2 is 1.95 bits per heavy atom. The van der Waals surface area contributed by atoms with Crippen LogP contribution < -0.4 is 5.56 Å². The normalized spacial score (nSPS) is 10.4. The van der Waals surface area contributed by atoms with Crippen molar-refractivity contribution in [3.8, 4) is 0 Å². The summed E-state index contributed by atoms with van der Waals surface area (Å²) in [6.07, 6.45) is 2.10. The number of pyridine rings is 1. The van der Waals surface area contributed by atoms with Gasteiger partial charge >= 0.3 is 5.97 Å². The Morgan fingerprint density at radius 3 is 2.63 bits per heavy atom. The maximum absolute atomic E-state index is 11.7. The molecule has 0 aliphatic rings. The number of rotatable bonds is 4. The largest absolute Gasteiger partial charge is 0.478 e. The van der Waals surface area contributed by atoms with Crippen molar-refractivity contribution >= 4 is 5.97 Å². The molecule has 0 radical (unpaired) electrons. The fraction of sp³-hybridized carbons (Fsp3) is 0.200. The molecule has 98 valence electrons. The lowest BCUT2D eigenvalue weighted by atomic mass is 10.1. The Kier molecular flexibility index (Phi) is 3.80. The summed E-state index contributed by atoms with van der Waals surface area (Å²) in [6, 6.07) is 10.6. The molecule has 2 rings (SSSR count). The van der Waals surface area contributed by atoms with Gasteiger partial charge in [-0.15, -0.1) is 0 Å². The smallest absolute Gasteiger partial charge is 0.337 e. The highest BCUT2D eigenvalue weighted by Gasteiger charge is 2.05. The lowest BCUT2D eigenvalue weighted by Gasteiger charge is -2.08. The Morgan fingerprint density at radius 1 is 1.21 bits per heavy atom. The van der Waals surface area contributed by atoms with Gasteiger partial charge < -0.3 is 9.67 Å². The molecule has 0 fully saturated rings. The van der Waals surface area contributed by atoms with Gasteiger partial charge in [0.1, 0.15) is 0 Å². The zero-order chi connectivity index (χ0) is 13.8. The van der Waals surface area contributed by atoms with Crippen LogP contribution in [0.3, 0.4) is 0 Å². The lowest BCUT2D eigenvalue weighted by Crippen LogP contribution is -2.21. The summed E-state index contributed by atoms with van der Waals surface area (Å²) in [4.78, 5) is 22.5. The standard InChI is InChI=1S/C15H15NO3/c1-11-4-2-3-5-12(11)8-9-16-10-13(15(18)19)6-7-14(16)17/h2-7,10H,8-9H2,1H3,(H,18,19). The fourth-order valence-electron chi connectivity index (χ4n) is 1.96. The maximum atomic E-state index is 11.7. The van der Waals surface area contributed by atoms with Gasteiger partial charge in [0.15, 0.2) is 0 Å². The van der Waals surface area contributed by atoms with Crippen LogP contribution in [0.5, 0.6) is 0 Å². The van der Waals surface area contributed by atoms with Crippen LogP contribution in [0.15, 0.2) is 47.4 Å². The van der Waals surface area contributed by atoms with E-state index in [4.69, 9.17) is 5.11 Å². The molecule has 0 bridgehead atoms. The van der Waals surface area contributed by atoms with E-state index in [1.54, 1.807) is 0 Å². The summed E-state index contributed by atoms with van der Waals surface area (Å²) in [5.41, 5.74) is 2.28. The van der Waals surface area contributed by atoms with Crippen LogP contribution >= 0.6 is 0 Å². The number of hydrogen-bond donors (Lipinski definition) is 1. The van der Waals surface area contributed by atoms with Gasteiger partial charge in [0, 0.05) is 18.8 Å². The van der Waals surface area contributed by atoms with Crippen molar-refractivity contribution in [3.05, 3.63) is 69.6 Å². The summed E-state index contributed by atoms with van der Waals surface area (Å²) in [7, 11) is 0. The van der Waals surface area contributed by atoms with E-state index in [1.165, 1.54) is 28.5 Å². The van der Waals surface area contributed by atoms with Crippen molar-refractivity contribution in [3.63, 3.8) is 0 Å². The predicted octanol–water partition coefficient (Wildman–Crippen LogP) is 2.10. The number of carbonyl (C=O) groups is 1. The molecule has 1 N–H and O–H groups in total. The predicted molar refractivity (Wildman–Crippen MR) is 72.5 cm³/mol. The molecule has 0 aliphatic heterocycles. The van der Waals surface area contributed by atoms with E-state index in [0.717, 1.165) is 5.56 Å². The summed E-state index contributed by atoms with van der Waals surface area (Å²) in [5, 5.41) is 8.91. The number of aromatic carboxylic acids is 1. The number of benzene rings is 1. The molecule has 0 saturated carbocycles. The van der Waals surface area contributed by atoms with Crippen LogP contribution in [0.1, 0.15) is 21.5 Å². The second-order valence-corrected chi connectivity index (χ2v) is 4.43. The number of carboxylic acid groups (broad SMARTS) is 1. The summed E-state index contributed by atoms with van der Waals surface area (Å²) in [5.74, 6) is -1.02. The van der Waals surface area contributed by atoms with Gasteiger partial charge in [-0.1, -0.05) is 24.3 Å². The second-order valence-electron chi connectivity index (χ2n) is 4.43. The van der Waals surface area contributed by atoms with E-state index < -0.39 is 5.97 Å². The van der Waals surface area contributed by atoms with E-state index >= 15 is 0 Å². The SMILES string of the molecule is Cc1ccccc1CCn1cc(C(=O)O)ccc1=O. The van der Waals surface area contributed by atoms with Gasteiger partial charge in [0.2, 0.25) is 0 Å². The monoisotopic (exact) mass is 257 g/mol. The van der Waals surface area contributed by atoms with Crippen molar-refractivity contribution in [1.29, 1.82) is 0 Å². The maximum Gasteiger partial charge on any atom is 0.337 e. The van der Waals surface area contributed by atoms with Gasteiger partial charge in [-0.2, -0.15) is 0 Å². The third kappa shape index (κ3) is 3.10. The Bertz CT molecular complexity index is 658. The second kappa shape index (κ2) is 5.52. The number of nitrogens with zero attached hydrogens (tertiary/aromatic N) is 1. The van der Waals surface area contributed by atoms with Crippen molar-refractivity contribution in [1.82, 2.24) is 4.57 Å². The topological polar surface area (TPSA) is 59.3 Å². The number of aromatic nitrogens is 1. The number of aryl methyl sites for hydroxylation is 3. The van der Waals surface area contributed by atoms with Crippen LogP contribution in [0.2, 0.25) is 0 Å². The minimum atomic E-state index is -1.02. The minimum absolute atomic E-state index is 0.129. The van der Waals surface area contributed by atoms with Gasteiger partial charge in [-0.05, 0) is 30.5 Å². The van der Waals surface area contributed by atoms with Crippen LogP contribution in [0.4, 0.5) is 0 Å². The van der Waals surface area contributed by atoms with Crippen molar-refractivity contribution in [2.24, 2.45) is 0 Å². The molecule has 1 heterocycles. The van der Waals surface area contributed by atoms with Crippen molar-refractivity contribution in [2.75, 3.05) is 0 Å². The van der Waals surface area contributed by atoms with E-state index in [1.807, 2.05) is 31.2 Å². The van der Waals surface area contributed by atoms with Crippen molar-refractivity contribution < 1.29 is 9.90 Å². The van der Waals surface area contributed by atoms with E-state index in [9.17, 15) is 9.59 Å². The zero-order valence-electron chi connectivity index (χ0n) is 10.7. The van der Waals surface area contributed by atoms with E-state index in [2.05, 4.69) is 0 Å². The third-order valence-corrected chi connectivity index (χ3v) is 3.11. The first-order valence-corrected chi connectivity index (χ1v) is 6.06. The Balaban J connectivity index is 2.20. The highest BCUT2D eigenvalue weighted by atomic mass is 16.4. The van der Waals surface area contributed by atoms with Gasteiger partial charge in [-0.25, -0.2) is 4.79 Å². The van der Waals surface area contributed by atoms with Crippen LogP contribution in [-0.2, 0) is 13.0 Å². The van der Waals surface area contributed by atoms with Gasteiger partial charge in [0.05, 0.1) is 5.56 Å². The van der Waals surface area contributed by atoms with Crippen LogP contribution in [-0.4, -0.2) is 15.6 Å². The Labute approximate surface area is 110 Å². The van der Waals surface area contributed by atoms with Gasteiger partial charge in [0.25, 0.3) is 5.56 Å². The first kappa shape index (κ1) is 13.1. The van der Waals surface area contributed by atoms with E-state index in [0.29, 0.717) is 13.0 Å². The molecule has 4 heteroatoms. The average molecular weight is 257 g/mol. The summed E-state index contributed by atoms with van der Waals surface area (Å²) < 4.78 is 1.44. The quantitative estimate of drug-likeness (QED) is 0.912. The number of carboxylic acids is 1. The first-order chi connectivity index (χ1) is 9.08. The lowest BCUT2D eigenvalue weighted by molar-refractivity contribution is 0.0696. The molecule has 0 atom stereocenters. The molecule has 0 unspecified atom stereocenters. The average Bonchev–Trinajstić information content (AvgIpc) is 2.39. The molecule has 0 amide bonds. The number of hydrogen-bond acceptors (Lipinski definition) is 2. The fourth-order valence-corrected chi connectivity index (χ4v) is 1.96. The van der Waals surface area contributed by atoms with Gasteiger partial charge in [-0.3, -0.25) is 4.79 Å². The highest BCUT2D eigenvalue weighted by Crippen LogP contribution is 2.08. The van der Waals surface area contributed by atoms with E-state index in [-0.39, 0.29) is 11.1 Å². The first-order valence-electron chi connectivity index (χ1n) is 6.06. The molecule has 0 aliphatic carbocycles. The van der Waals surface area contributed by atoms with Crippen LogP contribution in [0.25, 0.3) is 0 Å². The molecule has 19 heavy (non-hydrogen) atoms. The third-order valence-electron chi connectivity index (χ3n) is 3.11. The molecule has 0 saturated heterocycles. The molecule has 0 spiro atoms. The van der Waals surface area contributed by atoms with Crippen LogP contribution in [0, 0.1) is 6.92 Å².